The van der Waals surface area contributed by atoms with Crippen molar-refractivity contribution in [3.8, 4) is 0 Å². The van der Waals surface area contributed by atoms with Gasteiger partial charge in [-0.15, -0.1) is 10.2 Å². The summed E-state index contributed by atoms with van der Waals surface area (Å²) in [5.41, 5.74) is 1.88. The fraction of sp³-hybridized carbons (Fsp3) is 0.0526. The van der Waals surface area contributed by atoms with Crippen molar-refractivity contribution in [3.05, 3.63) is 85.9 Å². The van der Waals surface area contributed by atoms with E-state index in [1.807, 2.05) is 0 Å². The summed E-state index contributed by atoms with van der Waals surface area (Å²) in [4.78, 5) is 27.7. The summed E-state index contributed by atoms with van der Waals surface area (Å²) in [7, 11) is 0. The Hall–Kier alpha value is -3.10. The van der Waals surface area contributed by atoms with Crippen LogP contribution >= 0.6 is 22.9 Å². The van der Waals surface area contributed by atoms with E-state index in [9.17, 15) is 14.0 Å². The summed E-state index contributed by atoms with van der Waals surface area (Å²) in [5, 5.41) is 8.63. The number of aromatic nitrogens is 2. The van der Waals surface area contributed by atoms with Gasteiger partial charge < -0.3 is 4.42 Å². The molecule has 0 bridgehead atoms. The highest BCUT2D eigenvalue weighted by molar-refractivity contribution is 7.13. The van der Waals surface area contributed by atoms with Crippen LogP contribution in [0, 0.1) is 5.82 Å². The number of anilines is 1. The number of carbonyl (C=O) groups excluding carboxylic acids is 1. The topological polar surface area (TPSA) is 76.3 Å². The second-order valence-corrected chi connectivity index (χ2v) is 7.42. The number of fused-ring (bicyclic) bond motifs is 2. The normalized spacial score (nSPS) is 16.0. The van der Waals surface area contributed by atoms with Gasteiger partial charge >= 0.3 is 0 Å². The monoisotopic (exact) mass is 413 g/mol. The van der Waals surface area contributed by atoms with Gasteiger partial charge in [0.1, 0.15) is 16.9 Å². The van der Waals surface area contributed by atoms with Crippen LogP contribution in [0.3, 0.4) is 0 Å². The molecule has 1 atom stereocenters. The van der Waals surface area contributed by atoms with Crippen LogP contribution in [0.5, 0.6) is 0 Å². The molecule has 28 heavy (non-hydrogen) atoms. The first kappa shape index (κ1) is 17.0. The standard InChI is InChI=1S/C19H9ClFN3O3S/c20-10-4-5-13-12(7-10)16(25)14-15(9-2-1-3-11(21)6-9)24(18(26)17(14)27-13)19-23-22-8-28-19/h1-8,15H. The summed E-state index contributed by atoms with van der Waals surface area (Å²) in [5.74, 6) is -1.11. The minimum absolute atomic E-state index is 0.0933. The summed E-state index contributed by atoms with van der Waals surface area (Å²) in [6, 6.07) is 9.45. The van der Waals surface area contributed by atoms with Crippen LogP contribution in [0.1, 0.15) is 27.7 Å². The number of benzene rings is 2. The fourth-order valence-electron chi connectivity index (χ4n) is 3.41. The van der Waals surface area contributed by atoms with Gasteiger partial charge in [-0.3, -0.25) is 14.5 Å². The summed E-state index contributed by atoms with van der Waals surface area (Å²) in [6.07, 6.45) is 0. The van der Waals surface area contributed by atoms with Gasteiger partial charge in [-0.1, -0.05) is 35.1 Å². The lowest BCUT2D eigenvalue weighted by Crippen LogP contribution is -2.29. The van der Waals surface area contributed by atoms with Crippen molar-refractivity contribution in [1.82, 2.24) is 10.2 Å². The number of halogens is 2. The molecule has 2 aromatic carbocycles. The lowest BCUT2D eigenvalue weighted by Gasteiger charge is -2.22. The summed E-state index contributed by atoms with van der Waals surface area (Å²) < 4.78 is 19.7. The average molecular weight is 414 g/mol. The Morgan fingerprint density at radius 3 is 2.79 bits per heavy atom. The molecule has 5 rings (SSSR count). The number of amides is 1. The molecule has 9 heteroatoms. The maximum atomic E-state index is 13.9. The van der Waals surface area contributed by atoms with Crippen LogP contribution in [0.15, 0.2) is 57.2 Å². The van der Waals surface area contributed by atoms with Gasteiger partial charge in [0.2, 0.25) is 10.9 Å². The van der Waals surface area contributed by atoms with E-state index in [0.717, 1.165) is 11.3 Å². The van der Waals surface area contributed by atoms with Crippen molar-refractivity contribution >= 4 is 44.9 Å². The van der Waals surface area contributed by atoms with Gasteiger partial charge in [0, 0.05) is 5.02 Å². The Balaban J connectivity index is 1.85. The average Bonchev–Trinajstić information content (AvgIpc) is 3.29. The molecule has 6 nitrogen and oxygen atoms in total. The van der Waals surface area contributed by atoms with Gasteiger partial charge in [0.05, 0.1) is 17.0 Å². The third kappa shape index (κ3) is 2.45. The number of carbonyl (C=O) groups is 1. The molecule has 1 unspecified atom stereocenters. The lowest BCUT2D eigenvalue weighted by atomic mass is 9.98. The molecule has 0 saturated carbocycles. The molecule has 0 saturated heterocycles. The van der Waals surface area contributed by atoms with Crippen molar-refractivity contribution in [2.24, 2.45) is 0 Å². The third-order valence-corrected chi connectivity index (χ3v) is 5.48. The van der Waals surface area contributed by atoms with E-state index in [2.05, 4.69) is 10.2 Å². The Morgan fingerprint density at radius 1 is 1.18 bits per heavy atom. The van der Waals surface area contributed by atoms with E-state index < -0.39 is 23.2 Å². The minimum atomic E-state index is -0.884. The highest BCUT2D eigenvalue weighted by atomic mass is 35.5. The first-order chi connectivity index (χ1) is 13.5. The van der Waals surface area contributed by atoms with Gasteiger partial charge in [0.15, 0.2) is 5.43 Å². The lowest BCUT2D eigenvalue weighted by molar-refractivity contribution is 0.0970. The van der Waals surface area contributed by atoms with Crippen LogP contribution in [0.25, 0.3) is 11.0 Å². The molecule has 1 aliphatic heterocycles. The van der Waals surface area contributed by atoms with Crippen LogP contribution < -0.4 is 10.3 Å². The Labute approximate surface area is 165 Å². The largest absolute Gasteiger partial charge is 0.450 e. The SMILES string of the molecule is O=C1c2oc3ccc(Cl)cc3c(=O)c2C(c2cccc(F)c2)N1c1nncs1. The second-order valence-electron chi connectivity index (χ2n) is 6.17. The molecule has 0 spiro atoms. The zero-order valence-corrected chi connectivity index (χ0v) is 15.5. The highest BCUT2D eigenvalue weighted by Gasteiger charge is 2.45. The van der Waals surface area contributed by atoms with Crippen LogP contribution in [-0.2, 0) is 0 Å². The Morgan fingerprint density at radius 2 is 2.04 bits per heavy atom. The van der Waals surface area contributed by atoms with Crippen molar-refractivity contribution in [3.63, 3.8) is 0 Å². The van der Waals surface area contributed by atoms with E-state index in [1.54, 1.807) is 12.1 Å². The van der Waals surface area contributed by atoms with E-state index in [-0.39, 0.29) is 27.4 Å². The van der Waals surface area contributed by atoms with E-state index in [4.69, 9.17) is 16.0 Å². The maximum Gasteiger partial charge on any atom is 0.297 e. The number of hydrogen-bond donors (Lipinski definition) is 0. The number of rotatable bonds is 2. The molecule has 0 aliphatic carbocycles. The molecule has 3 heterocycles. The number of nitrogens with zero attached hydrogens (tertiary/aromatic N) is 3. The molecule has 2 aromatic heterocycles. The predicted molar refractivity (Wildman–Crippen MR) is 102 cm³/mol. The van der Waals surface area contributed by atoms with Crippen molar-refractivity contribution in [1.29, 1.82) is 0 Å². The van der Waals surface area contributed by atoms with Crippen molar-refractivity contribution in [2.75, 3.05) is 4.90 Å². The quantitative estimate of drug-likeness (QED) is 0.492. The van der Waals surface area contributed by atoms with E-state index in [0.29, 0.717) is 10.6 Å². The van der Waals surface area contributed by atoms with Crippen LogP contribution in [0.2, 0.25) is 5.02 Å². The van der Waals surface area contributed by atoms with Gasteiger partial charge in [-0.05, 0) is 35.9 Å². The Kier molecular flexibility index (Phi) is 3.78. The zero-order valence-electron chi connectivity index (χ0n) is 13.9. The first-order valence-electron chi connectivity index (χ1n) is 8.16. The molecule has 1 aliphatic rings. The van der Waals surface area contributed by atoms with Crippen LogP contribution in [0.4, 0.5) is 9.52 Å². The predicted octanol–water partition coefficient (Wildman–Crippen LogP) is 4.19. The van der Waals surface area contributed by atoms with Gasteiger partial charge in [-0.2, -0.15) is 0 Å². The first-order valence-corrected chi connectivity index (χ1v) is 9.42. The van der Waals surface area contributed by atoms with E-state index in [1.165, 1.54) is 40.7 Å². The second kappa shape index (κ2) is 6.22. The third-order valence-electron chi connectivity index (χ3n) is 4.55. The molecular formula is C19H9ClFN3O3S. The maximum absolute atomic E-state index is 13.9. The molecular weight excluding hydrogens is 405 g/mol. The number of hydrogen-bond acceptors (Lipinski definition) is 6. The molecule has 1 amide bonds. The highest BCUT2D eigenvalue weighted by Crippen LogP contribution is 2.41. The minimum Gasteiger partial charge on any atom is -0.450 e. The summed E-state index contributed by atoms with van der Waals surface area (Å²) >= 11 is 7.16. The zero-order chi connectivity index (χ0) is 19.4. The van der Waals surface area contributed by atoms with E-state index >= 15 is 0 Å². The van der Waals surface area contributed by atoms with Crippen molar-refractivity contribution in [2.45, 2.75) is 6.04 Å². The molecule has 4 aromatic rings. The molecule has 0 fully saturated rings. The van der Waals surface area contributed by atoms with Gasteiger partial charge in [0.25, 0.3) is 5.91 Å². The Bertz CT molecular complexity index is 1310. The fourth-order valence-corrected chi connectivity index (χ4v) is 4.16. The van der Waals surface area contributed by atoms with Crippen LogP contribution in [-0.4, -0.2) is 16.1 Å². The van der Waals surface area contributed by atoms with Gasteiger partial charge in [-0.25, -0.2) is 4.39 Å². The molecule has 138 valence electrons. The molecule has 0 radical (unpaired) electrons. The smallest absolute Gasteiger partial charge is 0.297 e. The van der Waals surface area contributed by atoms with Crippen molar-refractivity contribution < 1.29 is 13.6 Å². The summed E-state index contributed by atoms with van der Waals surface area (Å²) in [6.45, 7) is 0. The molecule has 0 N–H and O–H groups in total.